The molecular weight excluding hydrogens is 162 g/mol. The third-order valence-electron chi connectivity index (χ3n) is 2.91. The number of hydrogen-bond acceptors (Lipinski definition) is 2. The van der Waals surface area contributed by atoms with E-state index in [2.05, 4.69) is 12.2 Å². The highest BCUT2D eigenvalue weighted by atomic mass is 16.3. The molecule has 0 bridgehead atoms. The lowest BCUT2D eigenvalue weighted by Crippen LogP contribution is -2.29. The SMILES string of the molecule is CC(NCC1CCC1)c1ccco1. The summed E-state index contributed by atoms with van der Waals surface area (Å²) < 4.78 is 5.32. The molecule has 1 fully saturated rings. The van der Waals surface area contributed by atoms with Crippen LogP contribution in [-0.4, -0.2) is 6.54 Å². The Balaban J connectivity index is 1.74. The molecule has 1 N–H and O–H groups in total. The van der Waals surface area contributed by atoms with Crippen molar-refractivity contribution >= 4 is 0 Å². The largest absolute Gasteiger partial charge is 0.468 e. The molecule has 1 aliphatic rings. The van der Waals surface area contributed by atoms with Gasteiger partial charge in [-0.1, -0.05) is 6.42 Å². The van der Waals surface area contributed by atoms with Crippen molar-refractivity contribution in [3.8, 4) is 0 Å². The van der Waals surface area contributed by atoms with Gasteiger partial charge in [0.1, 0.15) is 5.76 Å². The van der Waals surface area contributed by atoms with Crippen LogP contribution in [0.25, 0.3) is 0 Å². The van der Waals surface area contributed by atoms with Crippen LogP contribution in [0.1, 0.15) is 38.0 Å². The molecule has 0 aromatic carbocycles. The molecule has 1 atom stereocenters. The quantitative estimate of drug-likeness (QED) is 0.768. The third kappa shape index (κ3) is 2.13. The number of rotatable bonds is 4. The van der Waals surface area contributed by atoms with Crippen molar-refractivity contribution < 1.29 is 4.42 Å². The molecule has 0 spiro atoms. The van der Waals surface area contributed by atoms with Gasteiger partial charge in [0.15, 0.2) is 0 Å². The minimum Gasteiger partial charge on any atom is -0.468 e. The fraction of sp³-hybridized carbons (Fsp3) is 0.636. The summed E-state index contributed by atoms with van der Waals surface area (Å²) >= 11 is 0. The van der Waals surface area contributed by atoms with Crippen molar-refractivity contribution in [3.63, 3.8) is 0 Å². The van der Waals surface area contributed by atoms with E-state index in [-0.39, 0.29) is 0 Å². The maximum Gasteiger partial charge on any atom is 0.120 e. The van der Waals surface area contributed by atoms with Crippen LogP contribution in [0.15, 0.2) is 22.8 Å². The highest BCUT2D eigenvalue weighted by Gasteiger charge is 2.18. The molecule has 1 heterocycles. The lowest BCUT2D eigenvalue weighted by Gasteiger charge is -2.26. The topological polar surface area (TPSA) is 25.2 Å². The van der Waals surface area contributed by atoms with Gasteiger partial charge in [-0.2, -0.15) is 0 Å². The van der Waals surface area contributed by atoms with Crippen LogP contribution in [-0.2, 0) is 0 Å². The molecule has 0 amide bonds. The van der Waals surface area contributed by atoms with Crippen LogP contribution in [0.4, 0.5) is 0 Å². The van der Waals surface area contributed by atoms with Gasteiger partial charge >= 0.3 is 0 Å². The van der Waals surface area contributed by atoms with Gasteiger partial charge in [0, 0.05) is 0 Å². The van der Waals surface area contributed by atoms with E-state index in [1.807, 2.05) is 12.1 Å². The molecular formula is C11H17NO. The Kier molecular flexibility index (Phi) is 2.69. The summed E-state index contributed by atoms with van der Waals surface area (Å²) in [6, 6.07) is 4.32. The summed E-state index contributed by atoms with van der Waals surface area (Å²) in [5, 5.41) is 3.49. The van der Waals surface area contributed by atoms with Gasteiger partial charge in [-0.25, -0.2) is 0 Å². The first kappa shape index (κ1) is 8.82. The molecule has 1 saturated carbocycles. The summed E-state index contributed by atoms with van der Waals surface area (Å²) in [5.74, 6) is 1.96. The summed E-state index contributed by atoms with van der Waals surface area (Å²) in [5.41, 5.74) is 0. The van der Waals surface area contributed by atoms with Gasteiger partial charge in [-0.3, -0.25) is 0 Å². The molecule has 1 aromatic rings. The Bertz CT molecular complexity index is 239. The normalized spacial score (nSPS) is 19.8. The summed E-state index contributed by atoms with van der Waals surface area (Å²) in [6.07, 6.45) is 5.95. The predicted molar refractivity (Wildman–Crippen MR) is 52.5 cm³/mol. The minimum atomic E-state index is 0.357. The minimum absolute atomic E-state index is 0.357. The molecule has 1 aromatic heterocycles. The maximum atomic E-state index is 5.32. The van der Waals surface area contributed by atoms with Gasteiger partial charge in [-0.15, -0.1) is 0 Å². The lowest BCUT2D eigenvalue weighted by atomic mass is 9.85. The average Bonchev–Trinajstić information content (AvgIpc) is 2.52. The summed E-state index contributed by atoms with van der Waals surface area (Å²) in [7, 11) is 0. The molecule has 1 unspecified atom stereocenters. The van der Waals surface area contributed by atoms with Crippen LogP contribution in [0.2, 0.25) is 0 Å². The van der Waals surface area contributed by atoms with E-state index in [0.717, 1.165) is 18.2 Å². The van der Waals surface area contributed by atoms with E-state index >= 15 is 0 Å². The molecule has 0 radical (unpaired) electrons. The van der Waals surface area contributed by atoms with Gasteiger partial charge in [-0.05, 0) is 44.4 Å². The fourth-order valence-corrected chi connectivity index (χ4v) is 1.68. The zero-order valence-corrected chi connectivity index (χ0v) is 8.12. The van der Waals surface area contributed by atoms with Gasteiger partial charge in [0.2, 0.25) is 0 Å². The van der Waals surface area contributed by atoms with E-state index in [1.165, 1.54) is 19.3 Å². The number of hydrogen-bond donors (Lipinski definition) is 1. The monoisotopic (exact) mass is 179 g/mol. The van der Waals surface area contributed by atoms with E-state index in [0.29, 0.717) is 6.04 Å². The summed E-state index contributed by atoms with van der Waals surface area (Å²) in [6.45, 7) is 3.29. The first-order valence-corrected chi connectivity index (χ1v) is 5.13. The van der Waals surface area contributed by atoms with Crippen LogP contribution in [0.5, 0.6) is 0 Å². The summed E-state index contributed by atoms with van der Waals surface area (Å²) in [4.78, 5) is 0. The van der Waals surface area contributed by atoms with Gasteiger partial charge in [0.05, 0.1) is 12.3 Å². The molecule has 2 nitrogen and oxygen atoms in total. The van der Waals surface area contributed by atoms with Crippen molar-refractivity contribution in [3.05, 3.63) is 24.2 Å². The van der Waals surface area contributed by atoms with E-state index in [9.17, 15) is 0 Å². The second-order valence-electron chi connectivity index (χ2n) is 3.94. The van der Waals surface area contributed by atoms with E-state index in [4.69, 9.17) is 4.42 Å². The Morgan fingerprint density at radius 3 is 3.00 bits per heavy atom. The number of nitrogens with one attached hydrogen (secondary N) is 1. The highest BCUT2D eigenvalue weighted by molar-refractivity contribution is 5.02. The molecule has 0 aliphatic heterocycles. The van der Waals surface area contributed by atoms with Crippen molar-refractivity contribution in [2.24, 2.45) is 5.92 Å². The maximum absolute atomic E-state index is 5.32. The zero-order chi connectivity index (χ0) is 9.10. The van der Waals surface area contributed by atoms with Crippen LogP contribution in [0.3, 0.4) is 0 Å². The molecule has 1 aliphatic carbocycles. The molecule has 2 rings (SSSR count). The highest BCUT2D eigenvalue weighted by Crippen LogP contribution is 2.26. The molecule has 0 saturated heterocycles. The molecule has 2 heteroatoms. The second kappa shape index (κ2) is 3.97. The Morgan fingerprint density at radius 1 is 1.62 bits per heavy atom. The lowest BCUT2D eigenvalue weighted by molar-refractivity contribution is 0.285. The van der Waals surface area contributed by atoms with Gasteiger partial charge in [0.25, 0.3) is 0 Å². The zero-order valence-electron chi connectivity index (χ0n) is 8.12. The second-order valence-corrected chi connectivity index (χ2v) is 3.94. The van der Waals surface area contributed by atoms with Crippen LogP contribution in [0, 0.1) is 5.92 Å². The first-order chi connectivity index (χ1) is 6.36. The Labute approximate surface area is 79.3 Å². The van der Waals surface area contributed by atoms with Crippen molar-refractivity contribution in [2.75, 3.05) is 6.54 Å². The van der Waals surface area contributed by atoms with Gasteiger partial charge < -0.3 is 9.73 Å². The third-order valence-corrected chi connectivity index (χ3v) is 2.91. The van der Waals surface area contributed by atoms with E-state index in [1.54, 1.807) is 6.26 Å². The van der Waals surface area contributed by atoms with Crippen molar-refractivity contribution in [1.82, 2.24) is 5.32 Å². The standard InChI is InChI=1S/C11H17NO/c1-9(11-6-3-7-13-11)12-8-10-4-2-5-10/h3,6-7,9-10,12H,2,4-5,8H2,1H3. The average molecular weight is 179 g/mol. The fourth-order valence-electron chi connectivity index (χ4n) is 1.68. The van der Waals surface area contributed by atoms with E-state index < -0.39 is 0 Å². The molecule has 72 valence electrons. The smallest absolute Gasteiger partial charge is 0.120 e. The van der Waals surface area contributed by atoms with Crippen LogP contribution >= 0.6 is 0 Å². The van der Waals surface area contributed by atoms with Crippen LogP contribution < -0.4 is 5.32 Å². The Hall–Kier alpha value is -0.760. The van der Waals surface area contributed by atoms with Crippen molar-refractivity contribution in [2.45, 2.75) is 32.2 Å². The number of furan rings is 1. The predicted octanol–water partition coefficient (Wildman–Crippen LogP) is 2.73. The van der Waals surface area contributed by atoms with Crippen molar-refractivity contribution in [1.29, 1.82) is 0 Å². The Morgan fingerprint density at radius 2 is 2.46 bits per heavy atom. The molecule has 13 heavy (non-hydrogen) atoms. The first-order valence-electron chi connectivity index (χ1n) is 5.13.